The number of pyridine rings is 1. The van der Waals surface area contributed by atoms with E-state index in [1.54, 1.807) is 18.9 Å². The molecule has 3 heterocycles. The Hall–Kier alpha value is -2.69. The molecule has 1 aromatic carbocycles. The third-order valence-corrected chi connectivity index (χ3v) is 3.31. The van der Waals surface area contributed by atoms with Crippen molar-refractivity contribution < 1.29 is 0 Å². The van der Waals surface area contributed by atoms with Crippen LogP contribution >= 0.6 is 0 Å². The van der Waals surface area contributed by atoms with Gasteiger partial charge in [0, 0.05) is 13.2 Å². The highest BCUT2D eigenvalue weighted by Gasteiger charge is 2.11. The summed E-state index contributed by atoms with van der Waals surface area (Å²) in [7, 11) is 1.98. The lowest BCUT2D eigenvalue weighted by Crippen LogP contribution is -1.97. The minimum absolute atomic E-state index is 0.812. The van der Waals surface area contributed by atoms with Gasteiger partial charge in [-0.15, -0.1) is 0 Å². The smallest absolute Gasteiger partial charge is 0.166 e. The van der Waals surface area contributed by atoms with Crippen molar-refractivity contribution in [2.24, 2.45) is 7.05 Å². The molecule has 0 N–H and O–H groups in total. The second-order valence-electron chi connectivity index (χ2n) is 4.46. The lowest BCUT2D eigenvalue weighted by atomic mass is 10.3. The third-order valence-electron chi connectivity index (χ3n) is 3.31. The van der Waals surface area contributed by atoms with Crippen molar-refractivity contribution in [2.45, 2.75) is 0 Å². The number of rotatable bonds is 1. The monoisotopic (exact) mass is 249 g/mol. The van der Waals surface area contributed by atoms with E-state index in [4.69, 9.17) is 0 Å². The van der Waals surface area contributed by atoms with Crippen molar-refractivity contribution in [1.82, 2.24) is 24.1 Å². The number of hydrogen-bond donors (Lipinski definition) is 0. The van der Waals surface area contributed by atoms with E-state index < -0.39 is 0 Å². The van der Waals surface area contributed by atoms with Gasteiger partial charge in [0.25, 0.3) is 0 Å². The fourth-order valence-corrected chi connectivity index (χ4v) is 2.35. The summed E-state index contributed by atoms with van der Waals surface area (Å²) >= 11 is 0. The van der Waals surface area contributed by atoms with Crippen LogP contribution in [-0.2, 0) is 7.05 Å². The first-order chi connectivity index (χ1) is 9.34. The molecule has 0 amide bonds. The summed E-state index contributed by atoms with van der Waals surface area (Å²) in [5.41, 5.74) is 3.93. The molecule has 5 heteroatoms. The largest absolute Gasteiger partial charge is 0.334 e. The highest BCUT2D eigenvalue weighted by Crippen LogP contribution is 2.22. The summed E-state index contributed by atoms with van der Waals surface area (Å²) in [6.45, 7) is 0. The summed E-state index contributed by atoms with van der Waals surface area (Å²) < 4.78 is 3.96. The van der Waals surface area contributed by atoms with Gasteiger partial charge >= 0.3 is 0 Å². The zero-order valence-electron chi connectivity index (χ0n) is 10.4. The van der Waals surface area contributed by atoms with Gasteiger partial charge in [-0.2, -0.15) is 0 Å². The highest BCUT2D eigenvalue weighted by molar-refractivity contribution is 5.85. The van der Waals surface area contributed by atoms with Gasteiger partial charge in [-0.25, -0.2) is 15.0 Å². The van der Waals surface area contributed by atoms with Crippen molar-refractivity contribution in [3.05, 3.63) is 49.2 Å². The molecule has 19 heavy (non-hydrogen) atoms. The molecular weight excluding hydrogens is 238 g/mol. The summed E-state index contributed by atoms with van der Waals surface area (Å²) in [6, 6.07) is 9.97. The molecule has 4 aromatic rings. The molecule has 5 nitrogen and oxygen atoms in total. The van der Waals surface area contributed by atoms with Crippen LogP contribution in [0, 0.1) is 0 Å². The van der Waals surface area contributed by atoms with Gasteiger partial charge in [0.2, 0.25) is 0 Å². The fraction of sp³-hybridized carbons (Fsp3) is 0.0714. The molecule has 0 aliphatic rings. The minimum atomic E-state index is 0.812. The Bertz CT molecular complexity index is 887. The van der Waals surface area contributed by atoms with Crippen molar-refractivity contribution >= 4 is 22.1 Å². The zero-order valence-corrected chi connectivity index (χ0v) is 10.4. The van der Waals surface area contributed by atoms with Crippen LogP contribution in [0.3, 0.4) is 0 Å². The number of fused-ring (bicyclic) bond motifs is 2. The number of benzene rings is 1. The zero-order chi connectivity index (χ0) is 12.8. The summed E-state index contributed by atoms with van der Waals surface area (Å²) in [6.07, 6.45) is 5.39. The van der Waals surface area contributed by atoms with Crippen LogP contribution in [0.15, 0.2) is 49.2 Å². The van der Waals surface area contributed by atoms with E-state index in [0.29, 0.717) is 0 Å². The van der Waals surface area contributed by atoms with Crippen LogP contribution in [-0.4, -0.2) is 24.1 Å². The van der Waals surface area contributed by atoms with E-state index in [-0.39, 0.29) is 0 Å². The summed E-state index contributed by atoms with van der Waals surface area (Å²) in [5.74, 6) is 0.812. The van der Waals surface area contributed by atoms with Crippen LogP contribution in [0.25, 0.3) is 27.9 Å². The van der Waals surface area contributed by atoms with E-state index in [1.165, 1.54) is 0 Å². The van der Waals surface area contributed by atoms with Gasteiger partial charge in [-0.1, -0.05) is 12.1 Å². The van der Waals surface area contributed by atoms with Crippen molar-refractivity contribution in [3.63, 3.8) is 0 Å². The number of imidazole rings is 2. The number of para-hydroxylation sites is 2. The average Bonchev–Trinajstić information content (AvgIpc) is 3.03. The molecule has 92 valence electrons. The van der Waals surface area contributed by atoms with Crippen molar-refractivity contribution in [2.75, 3.05) is 0 Å². The van der Waals surface area contributed by atoms with Gasteiger partial charge in [0.1, 0.15) is 11.8 Å². The van der Waals surface area contributed by atoms with Gasteiger partial charge in [-0.05, 0) is 18.2 Å². The maximum atomic E-state index is 4.46. The molecule has 0 fully saturated rings. The predicted molar refractivity (Wildman–Crippen MR) is 73.1 cm³/mol. The van der Waals surface area contributed by atoms with Gasteiger partial charge in [0.15, 0.2) is 5.82 Å². The first-order valence-corrected chi connectivity index (χ1v) is 6.03. The normalized spacial score (nSPS) is 11.4. The van der Waals surface area contributed by atoms with Crippen molar-refractivity contribution in [1.29, 1.82) is 0 Å². The first-order valence-electron chi connectivity index (χ1n) is 6.03. The molecule has 0 spiro atoms. The van der Waals surface area contributed by atoms with Crippen LogP contribution in [0.1, 0.15) is 0 Å². The molecule has 0 saturated heterocycles. The maximum absolute atomic E-state index is 4.46. The van der Waals surface area contributed by atoms with Crippen LogP contribution in [0.5, 0.6) is 0 Å². The SMILES string of the molecule is Cn1cnc2c(-n3cnc4ccccc43)nccc21. The minimum Gasteiger partial charge on any atom is -0.334 e. The Morgan fingerprint density at radius 2 is 1.79 bits per heavy atom. The maximum Gasteiger partial charge on any atom is 0.166 e. The Balaban J connectivity index is 2.09. The molecule has 0 radical (unpaired) electrons. The number of hydrogen-bond acceptors (Lipinski definition) is 3. The van der Waals surface area contributed by atoms with Gasteiger partial charge in [-0.3, -0.25) is 4.57 Å². The Labute approximate surface area is 109 Å². The second-order valence-corrected chi connectivity index (χ2v) is 4.46. The number of aryl methyl sites for hydroxylation is 1. The van der Waals surface area contributed by atoms with E-state index in [1.807, 2.05) is 46.5 Å². The summed E-state index contributed by atoms with van der Waals surface area (Å²) in [5, 5.41) is 0. The lowest BCUT2D eigenvalue weighted by Gasteiger charge is -2.04. The predicted octanol–water partition coefficient (Wildman–Crippen LogP) is 2.31. The van der Waals surface area contributed by atoms with E-state index in [9.17, 15) is 0 Å². The quantitative estimate of drug-likeness (QED) is 0.520. The molecule has 0 bridgehead atoms. The standard InChI is InChI=1S/C14H11N5/c1-18-8-17-13-12(18)6-7-15-14(13)19-9-16-10-4-2-3-5-11(10)19/h2-9H,1H3. The third kappa shape index (κ3) is 1.38. The molecule has 4 rings (SSSR count). The molecular formula is C14H11N5. The van der Waals surface area contributed by atoms with Gasteiger partial charge in [0.05, 0.1) is 22.9 Å². The van der Waals surface area contributed by atoms with Crippen LogP contribution in [0.4, 0.5) is 0 Å². The number of aromatic nitrogens is 5. The van der Waals surface area contributed by atoms with E-state index >= 15 is 0 Å². The Kier molecular flexibility index (Phi) is 1.97. The van der Waals surface area contributed by atoms with Crippen molar-refractivity contribution in [3.8, 4) is 5.82 Å². The first kappa shape index (κ1) is 10.3. The van der Waals surface area contributed by atoms with Crippen LogP contribution < -0.4 is 0 Å². The van der Waals surface area contributed by atoms with E-state index in [0.717, 1.165) is 27.9 Å². The fourth-order valence-electron chi connectivity index (χ4n) is 2.35. The average molecular weight is 249 g/mol. The Morgan fingerprint density at radius 1 is 0.895 bits per heavy atom. The van der Waals surface area contributed by atoms with Crippen LogP contribution in [0.2, 0.25) is 0 Å². The summed E-state index contributed by atoms with van der Waals surface area (Å²) in [4.78, 5) is 13.3. The lowest BCUT2D eigenvalue weighted by molar-refractivity contribution is 0.947. The highest BCUT2D eigenvalue weighted by atomic mass is 15.1. The molecule has 0 aliphatic heterocycles. The van der Waals surface area contributed by atoms with E-state index in [2.05, 4.69) is 15.0 Å². The topological polar surface area (TPSA) is 48.5 Å². The molecule has 0 unspecified atom stereocenters. The molecule has 0 aliphatic carbocycles. The molecule has 3 aromatic heterocycles. The second kappa shape index (κ2) is 3.65. The number of nitrogens with zero attached hydrogens (tertiary/aromatic N) is 5. The van der Waals surface area contributed by atoms with Gasteiger partial charge < -0.3 is 4.57 Å². The molecule has 0 saturated carbocycles. The Morgan fingerprint density at radius 3 is 2.74 bits per heavy atom. The molecule has 0 atom stereocenters.